The number of likely N-dealkylation sites (N-methyl/N-ethyl adjacent to an activating group) is 1. The number of carbonyl (C=O) groups excluding carboxylic acids is 1. The molecule has 0 radical (unpaired) electrons. The first-order chi connectivity index (χ1) is 14.7. The summed E-state index contributed by atoms with van der Waals surface area (Å²) in [6.07, 6.45) is 6.89. The van der Waals surface area contributed by atoms with Crippen LogP contribution < -0.4 is 0 Å². The summed E-state index contributed by atoms with van der Waals surface area (Å²) in [5.74, 6) is 2.20. The third kappa shape index (κ3) is 4.72. The highest BCUT2D eigenvalue weighted by molar-refractivity contribution is 7.99. The molecule has 1 aliphatic carbocycles. The lowest BCUT2D eigenvalue weighted by atomic mass is 9.90. The molecule has 4 rings (SSSR count). The Morgan fingerprint density at radius 1 is 1.30 bits per heavy atom. The number of thioether (sulfide) groups is 1. The van der Waals surface area contributed by atoms with Crippen LogP contribution in [0.5, 0.6) is 0 Å². The molecule has 1 fully saturated rings. The second-order valence-electron chi connectivity index (χ2n) is 8.35. The van der Waals surface area contributed by atoms with Crippen molar-refractivity contribution in [2.24, 2.45) is 0 Å². The van der Waals surface area contributed by atoms with E-state index in [1.807, 2.05) is 35.0 Å². The number of hydrogen-bond donors (Lipinski definition) is 0. The Morgan fingerprint density at radius 3 is 2.87 bits per heavy atom. The van der Waals surface area contributed by atoms with Gasteiger partial charge in [0.05, 0.1) is 0 Å². The van der Waals surface area contributed by atoms with Crippen molar-refractivity contribution < 1.29 is 4.79 Å². The summed E-state index contributed by atoms with van der Waals surface area (Å²) < 4.78 is 2.12. The molecule has 0 aromatic carbocycles. The Labute approximate surface area is 184 Å². The number of fused-ring (bicyclic) bond motifs is 1. The zero-order valence-electron chi connectivity index (χ0n) is 18.2. The van der Waals surface area contributed by atoms with Gasteiger partial charge in [0.1, 0.15) is 0 Å². The molecule has 2 aliphatic rings. The van der Waals surface area contributed by atoms with Crippen LogP contribution in [-0.2, 0) is 25.8 Å². The molecule has 1 aliphatic heterocycles. The molecule has 162 valence electrons. The zero-order chi connectivity index (χ0) is 20.9. The summed E-state index contributed by atoms with van der Waals surface area (Å²) in [4.78, 5) is 22.2. The van der Waals surface area contributed by atoms with Crippen LogP contribution in [0.3, 0.4) is 0 Å². The minimum atomic E-state index is 0.137. The molecule has 0 spiro atoms. The summed E-state index contributed by atoms with van der Waals surface area (Å²) in [6.45, 7) is 5.73. The van der Waals surface area contributed by atoms with E-state index in [9.17, 15) is 4.79 Å². The van der Waals surface area contributed by atoms with Crippen molar-refractivity contribution in [1.29, 1.82) is 0 Å². The fourth-order valence-electron chi connectivity index (χ4n) is 4.55. The topological polar surface area (TPSA) is 54.3 Å². The van der Waals surface area contributed by atoms with E-state index >= 15 is 0 Å². The van der Waals surface area contributed by atoms with Gasteiger partial charge < -0.3 is 9.80 Å². The van der Waals surface area contributed by atoms with Crippen LogP contribution in [0.15, 0.2) is 24.4 Å². The number of nitrogens with zero attached hydrogens (tertiary/aromatic N) is 5. The Bertz CT molecular complexity index is 847. The van der Waals surface area contributed by atoms with Gasteiger partial charge in [-0.2, -0.15) is 16.9 Å². The fourth-order valence-corrected chi connectivity index (χ4v) is 5.45. The number of amides is 1. The third-order valence-corrected chi connectivity index (χ3v) is 7.27. The standard InChI is InChI=1S/C23H33N5OS/c1-3-11-28-21-8-7-19(26(2)12-9-18-6-4-5-10-24-18)17-20(21)22(25-28)23(29)27-13-15-30-16-14-27/h4-6,10,19H,3,7-9,11-17H2,1-2H3. The number of hydrogen-bond acceptors (Lipinski definition) is 5. The van der Waals surface area contributed by atoms with Gasteiger partial charge >= 0.3 is 0 Å². The number of aryl methyl sites for hydroxylation is 1. The van der Waals surface area contributed by atoms with Crippen molar-refractivity contribution >= 4 is 17.7 Å². The van der Waals surface area contributed by atoms with E-state index < -0.39 is 0 Å². The van der Waals surface area contributed by atoms with Crippen LogP contribution >= 0.6 is 11.8 Å². The Kier molecular flexibility index (Phi) is 7.10. The van der Waals surface area contributed by atoms with E-state index in [1.165, 1.54) is 11.3 Å². The first-order valence-electron chi connectivity index (χ1n) is 11.2. The van der Waals surface area contributed by atoms with Crippen molar-refractivity contribution in [1.82, 2.24) is 24.6 Å². The molecule has 1 unspecified atom stereocenters. The molecule has 30 heavy (non-hydrogen) atoms. The van der Waals surface area contributed by atoms with Crippen LogP contribution in [-0.4, -0.2) is 74.7 Å². The lowest BCUT2D eigenvalue weighted by Crippen LogP contribution is -2.40. The van der Waals surface area contributed by atoms with E-state index in [-0.39, 0.29) is 5.91 Å². The van der Waals surface area contributed by atoms with Crippen LogP contribution in [0.2, 0.25) is 0 Å². The molecule has 1 atom stereocenters. The monoisotopic (exact) mass is 427 g/mol. The maximum absolute atomic E-state index is 13.3. The fraction of sp³-hybridized carbons (Fsp3) is 0.609. The van der Waals surface area contributed by atoms with E-state index in [0.717, 1.165) is 75.5 Å². The van der Waals surface area contributed by atoms with Gasteiger partial charge in [-0.05, 0) is 44.9 Å². The minimum absolute atomic E-state index is 0.137. The summed E-state index contributed by atoms with van der Waals surface area (Å²) in [5.41, 5.74) is 4.34. The number of aromatic nitrogens is 3. The molecule has 1 amide bonds. The molecular formula is C23H33N5OS. The van der Waals surface area contributed by atoms with Crippen LogP contribution in [0, 0.1) is 0 Å². The molecule has 0 N–H and O–H groups in total. The second kappa shape index (κ2) is 9.96. The SMILES string of the molecule is CCCn1nc(C(=O)N2CCSCC2)c2c1CCC(N(C)CCc1ccccn1)C2. The maximum Gasteiger partial charge on any atom is 0.274 e. The van der Waals surface area contributed by atoms with Gasteiger partial charge in [0.15, 0.2) is 5.69 Å². The van der Waals surface area contributed by atoms with E-state index in [4.69, 9.17) is 5.10 Å². The predicted molar refractivity (Wildman–Crippen MR) is 122 cm³/mol. The van der Waals surface area contributed by atoms with Gasteiger partial charge in [0, 0.05) is 73.3 Å². The second-order valence-corrected chi connectivity index (χ2v) is 9.57. The molecule has 2 aromatic rings. The van der Waals surface area contributed by atoms with E-state index in [2.05, 4.69) is 34.6 Å². The highest BCUT2D eigenvalue weighted by Crippen LogP contribution is 2.29. The van der Waals surface area contributed by atoms with Gasteiger partial charge in [-0.1, -0.05) is 13.0 Å². The van der Waals surface area contributed by atoms with Gasteiger partial charge in [0.25, 0.3) is 5.91 Å². The summed E-state index contributed by atoms with van der Waals surface area (Å²) in [5, 5.41) is 4.83. The quantitative estimate of drug-likeness (QED) is 0.680. The molecule has 3 heterocycles. The average molecular weight is 428 g/mol. The van der Waals surface area contributed by atoms with Crippen molar-refractivity contribution in [3.8, 4) is 0 Å². The molecule has 2 aromatic heterocycles. The zero-order valence-corrected chi connectivity index (χ0v) is 19.0. The van der Waals surface area contributed by atoms with E-state index in [1.54, 1.807) is 0 Å². The Balaban J connectivity index is 1.49. The first-order valence-corrected chi connectivity index (χ1v) is 12.4. The van der Waals surface area contributed by atoms with Crippen LogP contribution in [0.25, 0.3) is 0 Å². The van der Waals surface area contributed by atoms with Crippen LogP contribution in [0.4, 0.5) is 0 Å². The molecule has 0 bridgehead atoms. The lowest BCUT2D eigenvalue weighted by Gasteiger charge is -2.32. The first kappa shape index (κ1) is 21.4. The normalized spacial score (nSPS) is 19.2. The summed E-state index contributed by atoms with van der Waals surface area (Å²) in [7, 11) is 2.21. The van der Waals surface area contributed by atoms with Crippen LogP contribution in [0.1, 0.15) is 47.2 Å². The molecular weight excluding hydrogens is 394 g/mol. The summed E-state index contributed by atoms with van der Waals surface area (Å²) in [6, 6.07) is 6.55. The highest BCUT2D eigenvalue weighted by Gasteiger charge is 2.32. The maximum atomic E-state index is 13.3. The molecule has 1 saturated heterocycles. The number of rotatable bonds is 7. The van der Waals surface area contributed by atoms with Gasteiger partial charge in [-0.25, -0.2) is 0 Å². The number of pyridine rings is 1. The smallest absolute Gasteiger partial charge is 0.274 e. The largest absolute Gasteiger partial charge is 0.336 e. The van der Waals surface area contributed by atoms with Crippen molar-refractivity contribution in [3.63, 3.8) is 0 Å². The number of carbonyl (C=O) groups is 1. The van der Waals surface area contributed by atoms with Gasteiger partial charge in [0.2, 0.25) is 0 Å². The van der Waals surface area contributed by atoms with Crippen molar-refractivity contribution in [2.75, 3.05) is 38.2 Å². The summed E-state index contributed by atoms with van der Waals surface area (Å²) >= 11 is 1.93. The third-order valence-electron chi connectivity index (χ3n) is 6.33. The highest BCUT2D eigenvalue weighted by atomic mass is 32.2. The Hall–Kier alpha value is -1.86. The lowest BCUT2D eigenvalue weighted by molar-refractivity contribution is 0.0763. The predicted octanol–water partition coefficient (Wildman–Crippen LogP) is 2.91. The van der Waals surface area contributed by atoms with Crippen molar-refractivity contribution in [2.45, 2.75) is 51.6 Å². The van der Waals surface area contributed by atoms with E-state index in [0.29, 0.717) is 11.7 Å². The molecule has 7 heteroatoms. The average Bonchev–Trinajstić information content (AvgIpc) is 3.16. The minimum Gasteiger partial charge on any atom is -0.336 e. The molecule has 0 saturated carbocycles. The molecule has 6 nitrogen and oxygen atoms in total. The van der Waals surface area contributed by atoms with Gasteiger partial charge in [-0.3, -0.25) is 14.5 Å². The van der Waals surface area contributed by atoms with Gasteiger partial charge in [-0.15, -0.1) is 0 Å². The van der Waals surface area contributed by atoms with Crippen molar-refractivity contribution in [3.05, 3.63) is 47.0 Å². The Morgan fingerprint density at radius 2 is 2.13 bits per heavy atom.